The summed E-state index contributed by atoms with van der Waals surface area (Å²) >= 11 is 0. The van der Waals surface area contributed by atoms with Gasteiger partial charge in [0.25, 0.3) is 5.91 Å². The molecular weight excluding hydrogens is 252 g/mol. The largest absolute Gasteiger partial charge is 0.466 e. The number of nitrogens with one attached hydrogen (secondary N) is 1. The molecule has 0 fully saturated rings. The molecule has 20 heavy (non-hydrogen) atoms. The van der Waals surface area contributed by atoms with Gasteiger partial charge in [0.2, 0.25) is 0 Å². The van der Waals surface area contributed by atoms with Crippen molar-refractivity contribution >= 4 is 5.91 Å². The number of carbonyl (C=O) groups excluding carboxylic acids is 1. The van der Waals surface area contributed by atoms with E-state index in [0.29, 0.717) is 24.4 Å². The average Bonchev–Trinajstić information content (AvgIpc) is 2.70. The van der Waals surface area contributed by atoms with Crippen LogP contribution < -0.4 is 11.1 Å². The maximum atomic E-state index is 12.2. The predicted molar refractivity (Wildman–Crippen MR) is 78.4 cm³/mol. The first-order valence-corrected chi connectivity index (χ1v) is 6.65. The fraction of sp³-hybridized carbons (Fsp3) is 0.312. The van der Waals surface area contributed by atoms with E-state index in [-0.39, 0.29) is 5.91 Å². The van der Waals surface area contributed by atoms with Gasteiger partial charge in [-0.15, -0.1) is 0 Å². The highest BCUT2D eigenvalue weighted by Crippen LogP contribution is 2.20. The van der Waals surface area contributed by atoms with Crippen LogP contribution in [0, 0.1) is 20.8 Å². The summed E-state index contributed by atoms with van der Waals surface area (Å²) in [6.45, 7) is 6.56. The van der Waals surface area contributed by atoms with Crippen LogP contribution in [0.2, 0.25) is 0 Å². The normalized spacial score (nSPS) is 10.6. The van der Waals surface area contributed by atoms with Crippen molar-refractivity contribution in [2.75, 3.05) is 0 Å². The molecule has 2 aromatic rings. The molecular formula is C16H20N2O2. The third-order valence-corrected chi connectivity index (χ3v) is 3.47. The molecule has 0 aliphatic rings. The van der Waals surface area contributed by atoms with E-state index in [2.05, 4.69) is 5.32 Å². The lowest BCUT2D eigenvalue weighted by Crippen LogP contribution is -2.23. The van der Waals surface area contributed by atoms with Crippen molar-refractivity contribution in [2.45, 2.75) is 33.9 Å². The summed E-state index contributed by atoms with van der Waals surface area (Å²) in [6.07, 6.45) is 0. The number of rotatable bonds is 4. The highest BCUT2D eigenvalue weighted by atomic mass is 16.3. The van der Waals surface area contributed by atoms with Gasteiger partial charge in [-0.25, -0.2) is 0 Å². The number of aryl methyl sites for hydroxylation is 2. The minimum absolute atomic E-state index is 0.102. The van der Waals surface area contributed by atoms with Gasteiger partial charge in [-0.1, -0.05) is 24.3 Å². The van der Waals surface area contributed by atoms with Crippen molar-refractivity contribution < 1.29 is 9.21 Å². The summed E-state index contributed by atoms with van der Waals surface area (Å²) in [5, 5.41) is 2.92. The second kappa shape index (κ2) is 5.92. The zero-order chi connectivity index (χ0) is 14.7. The van der Waals surface area contributed by atoms with Crippen LogP contribution in [0.25, 0.3) is 0 Å². The number of amides is 1. The van der Waals surface area contributed by atoms with Gasteiger partial charge in [-0.05, 0) is 31.9 Å². The Morgan fingerprint density at radius 3 is 2.50 bits per heavy atom. The fourth-order valence-corrected chi connectivity index (χ4v) is 2.26. The third-order valence-electron chi connectivity index (χ3n) is 3.47. The fourth-order valence-electron chi connectivity index (χ4n) is 2.26. The average molecular weight is 272 g/mol. The molecule has 0 unspecified atom stereocenters. The van der Waals surface area contributed by atoms with Crippen LogP contribution in [0.4, 0.5) is 0 Å². The van der Waals surface area contributed by atoms with E-state index in [9.17, 15) is 4.79 Å². The smallest absolute Gasteiger partial charge is 0.255 e. The Kier molecular flexibility index (Phi) is 4.25. The van der Waals surface area contributed by atoms with Gasteiger partial charge >= 0.3 is 0 Å². The van der Waals surface area contributed by atoms with Gasteiger partial charge in [0.15, 0.2) is 0 Å². The molecule has 0 saturated heterocycles. The molecule has 0 aliphatic heterocycles. The first kappa shape index (κ1) is 14.3. The molecule has 1 amide bonds. The molecule has 0 saturated carbocycles. The first-order valence-electron chi connectivity index (χ1n) is 6.65. The molecule has 0 radical (unpaired) electrons. The van der Waals surface area contributed by atoms with Gasteiger partial charge in [0, 0.05) is 18.7 Å². The van der Waals surface area contributed by atoms with Crippen LogP contribution in [0.3, 0.4) is 0 Å². The molecule has 1 heterocycles. The second-order valence-corrected chi connectivity index (χ2v) is 4.92. The van der Waals surface area contributed by atoms with Crippen molar-refractivity contribution in [3.05, 3.63) is 58.0 Å². The number of benzene rings is 1. The van der Waals surface area contributed by atoms with Gasteiger partial charge in [0.1, 0.15) is 11.5 Å². The van der Waals surface area contributed by atoms with Gasteiger partial charge < -0.3 is 15.5 Å². The van der Waals surface area contributed by atoms with E-state index in [1.54, 1.807) is 0 Å². The Hall–Kier alpha value is -2.07. The van der Waals surface area contributed by atoms with Crippen molar-refractivity contribution in [1.29, 1.82) is 0 Å². The van der Waals surface area contributed by atoms with Crippen LogP contribution >= 0.6 is 0 Å². The Morgan fingerprint density at radius 2 is 1.90 bits per heavy atom. The van der Waals surface area contributed by atoms with Crippen molar-refractivity contribution in [3.8, 4) is 0 Å². The maximum Gasteiger partial charge on any atom is 0.255 e. The summed E-state index contributed by atoms with van der Waals surface area (Å²) in [4.78, 5) is 12.2. The van der Waals surface area contributed by atoms with Crippen LogP contribution in [-0.2, 0) is 13.1 Å². The Morgan fingerprint density at radius 1 is 1.20 bits per heavy atom. The van der Waals surface area contributed by atoms with Crippen molar-refractivity contribution in [2.24, 2.45) is 5.73 Å². The third kappa shape index (κ3) is 2.91. The van der Waals surface area contributed by atoms with Crippen molar-refractivity contribution in [3.63, 3.8) is 0 Å². The summed E-state index contributed by atoms with van der Waals surface area (Å²) in [6, 6.07) is 7.89. The molecule has 2 rings (SSSR count). The minimum Gasteiger partial charge on any atom is -0.466 e. The van der Waals surface area contributed by atoms with E-state index >= 15 is 0 Å². The molecule has 1 aromatic carbocycles. The summed E-state index contributed by atoms with van der Waals surface area (Å²) in [5.74, 6) is 1.35. The lowest BCUT2D eigenvalue weighted by molar-refractivity contribution is 0.0949. The van der Waals surface area contributed by atoms with Gasteiger partial charge in [0.05, 0.1) is 5.56 Å². The topological polar surface area (TPSA) is 68.3 Å². The van der Waals surface area contributed by atoms with Gasteiger partial charge in [-0.2, -0.15) is 0 Å². The van der Waals surface area contributed by atoms with Crippen LogP contribution in [0.5, 0.6) is 0 Å². The summed E-state index contributed by atoms with van der Waals surface area (Å²) in [5.41, 5.74) is 9.24. The lowest BCUT2D eigenvalue weighted by atomic mass is 10.1. The van der Waals surface area contributed by atoms with Crippen LogP contribution in [0.15, 0.2) is 28.7 Å². The van der Waals surface area contributed by atoms with Gasteiger partial charge in [-0.3, -0.25) is 4.79 Å². The van der Waals surface area contributed by atoms with Crippen LogP contribution in [0.1, 0.15) is 38.6 Å². The lowest BCUT2D eigenvalue weighted by Gasteiger charge is -2.07. The summed E-state index contributed by atoms with van der Waals surface area (Å²) < 4.78 is 5.48. The molecule has 1 aromatic heterocycles. The molecule has 0 aliphatic carbocycles. The standard InChI is InChI=1S/C16H20N2O2/c1-10-11(2)20-12(3)15(10)16(19)18-9-14-6-4-5-13(7-14)8-17/h4-7H,8-9,17H2,1-3H3,(H,18,19). The Bertz CT molecular complexity index is 629. The summed E-state index contributed by atoms with van der Waals surface area (Å²) in [7, 11) is 0. The Balaban J connectivity index is 2.08. The zero-order valence-electron chi connectivity index (χ0n) is 12.1. The molecule has 106 valence electrons. The predicted octanol–water partition coefficient (Wildman–Crippen LogP) is 2.59. The zero-order valence-corrected chi connectivity index (χ0v) is 12.1. The van der Waals surface area contributed by atoms with Crippen molar-refractivity contribution in [1.82, 2.24) is 5.32 Å². The van der Waals surface area contributed by atoms with E-state index in [1.165, 1.54) is 0 Å². The molecule has 0 bridgehead atoms. The number of carbonyl (C=O) groups is 1. The van der Waals surface area contributed by atoms with E-state index in [1.807, 2.05) is 45.0 Å². The van der Waals surface area contributed by atoms with E-state index < -0.39 is 0 Å². The molecule has 4 heteroatoms. The Labute approximate surface area is 119 Å². The minimum atomic E-state index is -0.102. The quantitative estimate of drug-likeness (QED) is 0.899. The van der Waals surface area contributed by atoms with E-state index in [0.717, 1.165) is 22.5 Å². The number of hydrogen-bond donors (Lipinski definition) is 2. The van der Waals surface area contributed by atoms with E-state index in [4.69, 9.17) is 10.2 Å². The molecule has 3 N–H and O–H groups in total. The molecule has 0 spiro atoms. The number of furan rings is 1. The molecule has 4 nitrogen and oxygen atoms in total. The highest BCUT2D eigenvalue weighted by molar-refractivity contribution is 5.96. The number of hydrogen-bond acceptors (Lipinski definition) is 3. The second-order valence-electron chi connectivity index (χ2n) is 4.92. The monoisotopic (exact) mass is 272 g/mol. The first-order chi connectivity index (χ1) is 9.52. The maximum absolute atomic E-state index is 12.2. The molecule has 0 atom stereocenters. The SMILES string of the molecule is Cc1oc(C)c(C(=O)NCc2cccc(CN)c2)c1C. The number of nitrogens with two attached hydrogens (primary N) is 1. The highest BCUT2D eigenvalue weighted by Gasteiger charge is 2.17. The van der Waals surface area contributed by atoms with Crippen LogP contribution in [-0.4, -0.2) is 5.91 Å².